The van der Waals surface area contributed by atoms with Gasteiger partial charge in [-0.05, 0) is 18.6 Å². The van der Waals surface area contributed by atoms with Gasteiger partial charge >= 0.3 is 6.09 Å². The van der Waals surface area contributed by atoms with Crippen LogP contribution in [0.1, 0.15) is 11.1 Å². The molecule has 0 atom stereocenters. The summed E-state index contributed by atoms with van der Waals surface area (Å²) < 4.78 is 5.38. The molecule has 1 amide bonds. The molecule has 1 heterocycles. The monoisotopic (exact) mass is 262 g/mol. The Bertz CT molecular complexity index is 512. The Kier molecular flexibility index (Phi) is 3.94. The molecule has 5 heteroatoms. The van der Waals surface area contributed by atoms with E-state index in [0.29, 0.717) is 13.0 Å². The quantitative estimate of drug-likeness (QED) is 0.871. The third kappa shape index (κ3) is 2.81. The first kappa shape index (κ1) is 13.3. The minimum Gasteiger partial charge on any atom is -0.496 e. The largest absolute Gasteiger partial charge is 0.496 e. The Balaban J connectivity index is 2.31. The summed E-state index contributed by atoms with van der Waals surface area (Å²) in [5.74, 6) is 0.797. The molecule has 0 saturated carbocycles. The van der Waals surface area contributed by atoms with Crippen LogP contribution < -0.4 is 15.0 Å². The second-order valence-electron chi connectivity index (χ2n) is 4.44. The highest BCUT2D eigenvalue weighted by atomic mass is 16.5. The van der Waals surface area contributed by atoms with Gasteiger partial charge in [-0.3, -0.25) is 0 Å². The number of carbonyl (C=O) groups is 1. The van der Waals surface area contributed by atoms with Crippen molar-refractivity contribution in [3.63, 3.8) is 0 Å². The molecule has 0 bridgehead atoms. The zero-order valence-electron chi connectivity index (χ0n) is 11.1. The fourth-order valence-electron chi connectivity index (χ4n) is 2.32. The molecular formula is C14H18N2O3. The number of nitrogens with zero attached hydrogens (tertiary/aromatic N) is 1. The molecule has 0 aromatic heterocycles. The van der Waals surface area contributed by atoms with Crippen molar-refractivity contribution in [2.75, 3.05) is 32.1 Å². The van der Waals surface area contributed by atoms with Crippen LogP contribution in [0.4, 0.5) is 10.5 Å². The maximum atomic E-state index is 10.5. The molecule has 0 radical (unpaired) electrons. The molecule has 2 N–H and O–H groups in total. The number of fused-ring (bicyclic) bond motifs is 1. The van der Waals surface area contributed by atoms with Crippen LogP contribution in [-0.2, 0) is 6.42 Å². The van der Waals surface area contributed by atoms with Gasteiger partial charge in [-0.25, -0.2) is 4.79 Å². The number of benzene rings is 1. The van der Waals surface area contributed by atoms with Gasteiger partial charge in [0.1, 0.15) is 5.75 Å². The van der Waals surface area contributed by atoms with Crippen molar-refractivity contribution >= 4 is 17.9 Å². The molecule has 1 aromatic rings. The second kappa shape index (κ2) is 5.65. The summed E-state index contributed by atoms with van der Waals surface area (Å²) in [7, 11) is 3.67. The number of hydrogen-bond donors (Lipinski definition) is 2. The van der Waals surface area contributed by atoms with Gasteiger partial charge in [0.05, 0.1) is 7.11 Å². The zero-order valence-corrected chi connectivity index (χ0v) is 11.1. The number of nitrogens with one attached hydrogen (secondary N) is 1. The van der Waals surface area contributed by atoms with E-state index >= 15 is 0 Å². The first-order valence-electron chi connectivity index (χ1n) is 6.18. The number of ether oxygens (including phenoxy) is 1. The highest BCUT2D eigenvalue weighted by molar-refractivity contribution is 5.76. The SMILES string of the molecule is COc1ccc2c(c1CCNC(=O)O)C=CCN2C. The van der Waals surface area contributed by atoms with Crippen molar-refractivity contribution in [1.82, 2.24) is 5.32 Å². The number of anilines is 1. The molecule has 1 aliphatic rings. The standard InChI is InChI=1S/C14H18N2O3/c1-16-9-3-4-10-11(7-8-15-14(17)18)13(19-2)6-5-12(10)16/h3-6,15H,7-9H2,1-2H3,(H,17,18). The summed E-state index contributed by atoms with van der Waals surface area (Å²) in [6, 6.07) is 3.97. The number of amides is 1. The predicted molar refractivity (Wildman–Crippen MR) is 75.0 cm³/mol. The Hall–Kier alpha value is -2.17. The van der Waals surface area contributed by atoms with Gasteiger partial charge in [0, 0.05) is 37.0 Å². The molecular weight excluding hydrogens is 244 g/mol. The van der Waals surface area contributed by atoms with Crippen molar-refractivity contribution in [2.24, 2.45) is 0 Å². The maximum absolute atomic E-state index is 10.5. The lowest BCUT2D eigenvalue weighted by atomic mass is 9.98. The van der Waals surface area contributed by atoms with E-state index < -0.39 is 6.09 Å². The van der Waals surface area contributed by atoms with Gasteiger partial charge in [0.2, 0.25) is 0 Å². The van der Waals surface area contributed by atoms with Crippen molar-refractivity contribution in [3.8, 4) is 5.75 Å². The summed E-state index contributed by atoms with van der Waals surface area (Å²) in [6.45, 7) is 1.26. The number of hydrogen-bond acceptors (Lipinski definition) is 3. The topological polar surface area (TPSA) is 61.8 Å². The first-order chi connectivity index (χ1) is 9.13. The van der Waals surface area contributed by atoms with Gasteiger partial charge in [0.25, 0.3) is 0 Å². The van der Waals surface area contributed by atoms with Crippen LogP contribution in [0.5, 0.6) is 5.75 Å². The zero-order chi connectivity index (χ0) is 13.8. The van der Waals surface area contributed by atoms with E-state index in [1.807, 2.05) is 19.2 Å². The van der Waals surface area contributed by atoms with E-state index in [9.17, 15) is 4.79 Å². The lowest BCUT2D eigenvalue weighted by molar-refractivity contribution is 0.194. The number of methoxy groups -OCH3 is 1. The summed E-state index contributed by atoms with van der Waals surface area (Å²) in [5, 5.41) is 11.0. The predicted octanol–water partition coefficient (Wildman–Crippen LogP) is 1.97. The summed E-state index contributed by atoms with van der Waals surface area (Å²) in [6.07, 6.45) is 3.78. The summed E-state index contributed by atoms with van der Waals surface area (Å²) in [5.41, 5.74) is 3.30. The van der Waals surface area contributed by atoms with E-state index in [4.69, 9.17) is 9.84 Å². The van der Waals surface area contributed by atoms with E-state index in [1.165, 1.54) is 0 Å². The minimum atomic E-state index is -1.00. The van der Waals surface area contributed by atoms with Crippen LogP contribution in [0.25, 0.3) is 6.08 Å². The van der Waals surface area contributed by atoms with Gasteiger partial charge in [-0.15, -0.1) is 0 Å². The molecule has 0 fully saturated rings. The molecule has 5 nitrogen and oxygen atoms in total. The van der Waals surface area contributed by atoms with Crippen LogP contribution in [0.15, 0.2) is 18.2 Å². The average molecular weight is 262 g/mol. The smallest absolute Gasteiger partial charge is 0.404 e. The molecule has 1 aromatic carbocycles. The molecule has 2 rings (SSSR count). The molecule has 0 spiro atoms. The number of carboxylic acid groups (broad SMARTS) is 1. The van der Waals surface area contributed by atoms with Crippen LogP contribution in [-0.4, -0.2) is 38.4 Å². The molecule has 0 unspecified atom stereocenters. The van der Waals surface area contributed by atoms with Gasteiger partial charge in [0.15, 0.2) is 0 Å². The van der Waals surface area contributed by atoms with E-state index in [2.05, 4.69) is 22.4 Å². The lowest BCUT2D eigenvalue weighted by Crippen LogP contribution is -2.25. The fraction of sp³-hybridized carbons (Fsp3) is 0.357. The fourth-order valence-corrected chi connectivity index (χ4v) is 2.32. The molecule has 19 heavy (non-hydrogen) atoms. The van der Waals surface area contributed by atoms with E-state index in [-0.39, 0.29) is 0 Å². The molecule has 0 aliphatic carbocycles. The van der Waals surface area contributed by atoms with Crippen molar-refractivity contribution < 1.29 is 14.6 Å². The van der Waals surface area contributed by atoms with Crippen LogP contribution in [0, 0.1) is 0 Å². The highest BCUT2D eigenvalue weighted by Gasteiger charge is 2.16. The third-order valence-corrected chi connectivity index (χ3v) is 3.24. The second-order valence-corrected chi connectivity index (χ2v) is 4.44. The molecule has 102 valence electrons. The van der Waals surface area contributed by atoms with Gasteiger partial charge in [-0.2, -0.15) is 0 Å². The number of rotatable bonds is 4. The third-order valence-electron chi connectivity index (χ3n) is 3.24. The Morgan fingerprint density at radius 1 is 1.53 bits per heavy atom. The maximum Gasteiger partial charge on any atom is 0.404 e. The highest BCUT2D eigenvalue weighted by Crippen LogP contribution is 2.34. The number of likely N-dealkylation sites (N-methyl/N-ethyl adjacent to an activating group) is 1. The normalized spacial score (nSPS) is 13.1. The van der Waals surface area contributed by atoms with Crippen molar-refractivity contribution in [2.45, 2.75) is 6.42 Å². The van der Waals surface area contributed by atoms with E-state index in [1.54, 1.807) is 7.11 Å². The van der Waals surface area contributed by atoms with Gasteiger partial charge in [-0.1, -0.05) is 12.2 Å². The lowest BCUT2D eigenvalue weighted by Gasteiger charge is -2.26. The minimum absolute atomic E-state index is 0.375. The average Bonchev–Trinajstić information content (AvgIpc) is 2.39. The Morgan fingerprint density at radius 3 is 3.00 bits per heavy atom. The molecule has 0 saturated heterocycles. The van der Waals surface area contributed by atoms with E-state index in [0.717, 1.165) is 29.1 Å². The summed E-state index contributed by atoms with van der Waals surface area (Å²) in [4.78, 5) is 12.7. The van der Waals surface area contributed by atoms with Crippen molar-refractivity contribution in [3.05, 3.63) is 29.3 Å². The van der Waals surface area contributed by atoms with Gasteiger partial charge < -0.3 is 20.1 Å². The van der Waals surface area contributed by atoms with Crippen LogP contribution in [0.2, 0.25) is 0 Å². The first-order valence-corrected chi connectivity index (χ1v) is 6.18. The molecule has 1 aliphatic heterocycles. The van der Waals surface area contributed by atoms with Crippen molar-refractivity contribution in [1.29, 1.82) is 0 Å². The Labute approximate surface area is 112 Å². The van der Waals surface area contributed by atoms with Crippen LogP contribution >= 0.6 is 0 Å². The Morgan fingerprint density at radius 2 is 2.32 bits per heavy atom. The summed E-state index contributed by atoms with van der Waals surface area (Å²) >= 11 is 0. The van der Waals surface area contributed by atoms with Crippen LogP contribution in [0.3, 0.4) is 0 Å².